The van der Waals surface area contributed by atoms with E-state index in [9.17, 15) is 13.2 Å². The molecule has 1 N–H and O–H groups in total. The normalized spacial score (nSPS) is 11.9. The molecule has 9 heteroatoms. The number of sulfonamides is 1. The van der Waals surface area contributed by atoms with Gasteiger partial charge >= 0.3 is 0 Å². The lowest BCUT2D eigenvalue weighted by Gasteiger charge is -2.20. The Hall–Kier alpha value is -3.72. The third-order valence-corrected chi connectivity index (χ3v) is 7.33. The summed E-state index contributed by atoms with van der Waals surface area (Å²) >= 11 is 0. The molecule has 3 rings (SSSR count). The predicted octanol–water partition coefficient (Wildman–Crippen LogP) is 4.09. The van der Waals surface area contributed by atoms with Crippen molar-refractivity contribution in [2.45, 2.75) is 24.8 Å². The molecule has 8 nitrogen and oxygen atoms in total. The highest BCUT2D eigenvalue weighted by Crippen LogP contribution is 2.30. The van der Waals surface area contributed by atoms with Gasteiger partial charge in [0.15, 0.2) is 18.1 Å². The Bertz CT molecular complexity index is 1260. The predicted molar refractivity (Wildman–Crippen MR) is 135 cm³/mol. The maximum atomic E-state index is 12.9. The van der Waals surface area contributed by atoms with Crippen LogP contribution in [0.1, 0.15) is 24.1 Å². The zero-order chi connectivity index (χ0) is 25.6. The van der Waals surface area contributed by atoms with Crippen LogP contribution >= 0.6 is 0 Å². The molecule has 0 aliphatic heterocycles. The van der Waals surface area contributed by atoms with Crippen molar-refractivity contribution in [3.05, 3.63) is 77.9 Å². The summed E-state index contributed by atoms with van der Waals surface area (Å²) in [6, 6.07) is 18.4. The van der Waals surface area contributed by atoms with Gasteiger partial charge in [0, 0.05) is 7.05 Å². The number of carbonyl (C=O) groups is 1. The molecule has 0 aliphatic carbocycles. The Morgan fingerprint density at radius 2 is 1.57 bits per heavy atom. The minimum atomic E-state index is -3.69. The quantitative estimate of drug-likeness (QED) is 0.452. The summed E-state index contributed by atoms with van der Waals surface area (Å²) in [6.07, 6.45) is 0. The number of benzene rings is 3. The topological polar surface area (TPSA) is 94.2 Å². The van der Waals surface area contributed by atoms with Crippen LogP contribution in [-0.2, 0) is 14.8 Å². The lowest BCUT2D eigenvalue weighted by molar-refractivity contribution is -0.123. The van der Waals surface area contributed by atoms with Crippen molar-refractivity contribution >= 4 is 21.6 Å². The third kappa shape index (κ3) is 6.24. The number of hydrogen-bond donors (Lipinski definition) is 1. The minimum Gasteiger partial charge on any atom is -0.493 e. The molecular formula is C26H30N2O6S. The Morgan fingerprint density at radius 3 is 2.17 bits per heavy atom. The average molecular weight is 499 g/mol. The molecule has 0 radical (unpaired) electrons. The number of aryl methyl sites for hydroxylation is 1. The number of rotatable bonds is 10. The van der Waals surface area contributed by atoms with Gasteiger partial charge in [0.05, 0.1) is 30.8 Å². The highest BCUT2D eigenvalue weighted by molar-refractivity contribution is 7.92. The summed E-state index contributed by atoms with van der Waals surface area (Å²) in [5.74, 6) is 1.34. The van der Waals surface area contributed by atoms with Crippen molar-refractivity contribution in [1.29, 1.82) is 0 Å². The van der Waals surface area contributed by atoms with Crippen LogP contribution in [0.5, 0.6) is 17.2 Å². The summed E-state index contributed by atoms with van der Waals surface area (Å²) in [4.78, 5) is 12.6. The maximum absolute atomic E-state index is 12.9. The zero-order valence-electron chi connectivity index (χ0n) is 20.4. The van der Waals surface area contributed by atoms with E-state index in [2.05, 4.69) is 5.32 Å². The van der Waals surface area contributed by atoms with Crippen molar-refractivity contribution < 1.29 is 27.4 Å². The Morgan fingerprint density at radius 1 is 0.943 bits per heavy atom. The van der Waals surface area contributed by atoms with E-state index in [1.54, 1.807) is 68.8 Å². The van der Waals surface area contributed by atoms with Crippen molar-refractivity contribution in [3.8, 4) is 17.2 Å². The molecule has 0 unspecified atom stereocenters. The van der Waals surface area contributed by atoms with Crippen molar-refractivity contribution in [3.63, 3.8) is 0 Å². The van der Waals surface area contributed by atoms with Crippen LogP contribution < -0.4 is 23.8 Å². The molecule has 1 amide bonds. The molecule has 1 atom stereocenters. The number of nitrogens with zero attached hydrogens (tertiary/aromatic N) is 1. The van der Waals surface area contributed by atoms with E-state index >= 15 is 0 Å². The van der Waals surface area contributed by atoms with Gasteiger partial charge in [0.1, 0.15) is 5.75 Å². The minimum absolute atomic E-state index is 0.186. The second-order valence-electron chi connectivity index (χ2n) is 7.97. The number of carbonyl (C=O) groups excluding carboxylic acids is 1. The molecule has 0 heterocycles. The third-order valence-electron chi connectivity index (χ3n) is 5.53. The van der Waals surface area contributed by atoms with Gasteiger partial charge in [-0.3, -0.25) is 9.10 Å². The summed E-state index contributed by atoms with van der Waals surface area (Å²) in [5, 5.41) is 2.88. The number of hydrogen-bond acceptors (Lipinski definition) is 6. The first-order chi connectivity index (χ1) is 16.6. The fourth-order valence-electron chi connectivity index (χ4n) is 3.40. The van der Waals surface area contributed by atoms with Crippen LogP contribution in [0, 0.1) is 6.92 Å². The van der Waals surface area contributed by atoms with E-state index in [1.807, 2.05) is 26.0 Å². The Balaban J connectivity index is 1.58. The number of amides is 1. The number of ether oxygens (including phenoxy) is 3. The summed E-state index contributed by atoms with van der Waals surface area (Å²) in [5.41, 5.74) is 2.32. The van der Waals surface area contributed by atoms with Gasteiger partial charge in [-0.15, -0.1) is 0 Å². The summed E-state index contributed by atoms with van der Waals surface area (Å²) in [7, 11) is 0.927. The second-order valence-corrected chi connectivity index (χ2v) is 9.94. The smallest absolute Gasteiger partial charge is 0.264 e. The Kier molecular flexibility index (Phi) is 8.24. The fourth-order valence-corrected chi connectivity index (χ4v) is 4.59. The molecule has 0 fully saturated rings. The zero-order valence-corrected chi connectivity index (χ0v) is 21.3. The highest BCUT2D eigenvalue weighted by Gasteiger charge is 2.21. The first kappa shape index (κ1) is 25.9. The first-order valence-corrected chi connectivity index (χ1v) is 12.4. The van der Waals surface area contributed by atoms with Crippen LogP contribution in [0.15, 0.2) is 71.6 Å². The van der Waals surface area contributed by atoms with Crippen LogP contribution in [0.25, 0.3) is 0 Å². The van der Waals surface area contributed by atoms with E-state index in [4.69, 9.17) is 14.2 Å². The monoisotopic (exact) mass is 498 g/mol. The van der Waals surface area contributed by atoms with E-state index in [1.165, 1.54) is 11.4 Å². The van der Waals surface area contributed by atoms with E-state index in [0.717, 1.165) is 11.1 Å². The average Bonchev–Trinajstić information content (AvgIpc) is 2.87. The van der Waals surface area contributed by atoms with Crippen molar-refractivity contribution in [1.82, 2.24) is 5.32 Å². The summed E-state index contributed by atoms with van der Waals surface area (Å²) in [6.45, 7) is 3.57. The number of methoxy groups -OCH3 is 2. The molecule has 35 heavy (non-hydrogen) atoms. The van der Waals surface area contributed by atoms with Crippen LogP contribution in [0.2, 0.25) is 0 Å². The van der Waals surface area contributed by atoms with Gasteiger partial charge in [-0.05, 0) is 67.9 Å². The molecule has 3 aromatic rings. The second kappa shape index (κ2) is 11.1. The maximum Gasteiger partial charge on any atom is 0.264 e. The molecule has 0 aromatic heterocycles. The van der Waals surface area contributed by atoms with E-state index < -0.39 is 10.0 Å². The molecule has 186 valence electrons. The van der Waals surface area contributed by atoms with E-state index in [0.29, 0.717) is 22.9 Å². The molecule has 0 aliphatic rings. The van der Waals surface area contributed by atoms with Gasteiger partial charge in [0.2, 0.25) is 0 Å². The number of anilines is 1. The van der Waals surface area contributed by atoms with Gasteiger partial charge in [0.25, 0.3) is 15.9 Å². The number of nitrogens with one attached hydrogen (secondary N) is 1. The lowest BCUT2D eigenvalue weighted by Crippen LogP contribution is -2.31. The SMILES string of the molecule is COc1ccc([C@H](C)NC(=O)COc2ccc(N(C)S(=O)(=O)c3ccc(C)cc3)cc2)cc1OC. The van der Waals surface area contributed by atoms with Crippen molar-refractivity contribution in [2.75, 3.05) is 32.2 Å². The lowest BCUT2D eigenvalue weighted by atomic mass is 10.1. The Labute approximate surface area is 206 Å². The largest absolute Gasteiger partial charge is 0.493 e. The van der Waals surface area contributed by atoms with Crippen molar-refractivity contribution in [2.24, 2.45) is 0 Å². The summed E-state index contributed by atoms with van der Waals surface area (Å²) < 4.78 is 43.1. The van der Waals surface area contributed by atoms with Crippen LogP contribution in [0.3, 0.4) is 0 Å². The first-order valence-electron chi connectivity index (χ1n) is 11.0. The van der Waals surface area contributed by atoms with E-state index in [-0.39, 0.29) is 23.5 Å². The molecular weight excluding hydrogens is 468 g/mol. The molecule has 3 aromatic carbocycles. The van der Waals surface area contributed by atoms with Crippen LogP contribution in [-0.4, -0.2) is 42.2 Å². The standard InChI is InChI=1S/C26H30N2O6S/c1-18-6-13-23(14-7-18)35(30,31)28(3)21-9-11-22(12-10-21)34-17-26(29)27-19(2)20-8-15-24(32-4)25(16-20)33-5/h6-16,19H,17H2,1-5H3,(H,27,29)/t19-/m0/s1. The van der Waals surface area contributed by atoms with Gasteiger partial charge in [-0.25, -0.2) is 8.42 Å². The van der Waals surface area contributed by atoms with Gasteiger partial charge in [-0.2, -0.15) is 0 Å². The molecule has 0 saturated carbocycles. The van der Waals surface area contributed by atoms with Gasteiger partial charge < -0.3 is 19.5 Å². The molecule has 0 spiro atoms. The highest BCUT2D eigenvalue weighted by atomic mass is 32.2. The molecule has 0 saturated heterocycles. The molecule has 0 bridgehead atoms. The van der Waals surface area contributed by atoms with Gasteiger partial charge in [-0.1, -0.05) is 23.8 Å². The fraction of sp³-hybridized carbons (Fsp3) is 0.269. The van der Waals surface area contributed by atoms with Crippen LogP contribution in [0.4, 0.5) is 5.69 Å².